The lowest BCUT2D eigenvalue weighted by Gasteiger charge is -2.38. The van der Waals surface area contributed by atoms with Gasteiger partial charge < -0.3 is 10.0 Å². The molecule has 106 valence electrons. The number of pyridine rings is 1. The van der Waals surface area contributed by atoms with E-state index in [1.54, 1.807) is 0 Å². The van der Waals surface area contributed by atoms with Gasteiger partial charge in [0.25, 0.3) is 0 Å². The number of fused-ring (bicyclic) bond motifs is 3. The predicted molar refractivity (Wildman–Crippen MR) is 81.0 cm³/mol. The molecule has 0 spiro atoms. The van der Waals surface area contributed by atoms with Crippen LogP contribution in [0, 0.1) is 11.3 Å². The van der Waals surface area contributed by atoms with Crippen LogP contribution < -0.4 is 4.90 Å². The highest BCUT2D eigenvalue weighted by atomic mass is 16.3. The number of aliphatic hydroxyl groups excluding tert-OH is 1. The van der Waals surface area contributed by atoms with E-state index in [-0.39, 0.29) is 6.10 Å². The first-order valence-electron chi connectivity index (χ1n) is 7.52. The molecule has 4 rings (SSSR count). The van der Waals surface area contributed by atoms with Crippen molar-refractivity contribution in [2.75, 3.05) is 4.90 Å². The molecule has 0 amide bonds. The lowest BCUT2D eigenvalue weighted by molar-refractivity contribution is 0.126. The number of nitrogens with zero attached hydrogens (tertiary/aromatic N) is 3. The van der Waals surface area contributed by atoms with E-state index < -0.39 is 0 Å². The minimum atomic E-state index is -0.204. The van der Waals surface area contributed by atoms with Gasteiger partial charge in [-0.05, 0) is 37.8 Å². The third-order valence-corrected chi connectivity index (χ3v) is 4.78. The maximum Gasteiger partial charge on any atom is 0.147 e. The van der Waals surface area contributed by atoms with E-state index in [4.69, 9.17) is 4.98 Å². The van der Waals surface area contributed by atoms with Crippen LogP contribution in [0.3, 0.4) is 0 Å². The van der Waals surface area contributed by atoms with Crippen molar-refractivity contribution >= 4 is 16.7 Å². The van der Waals surface area contributed by atoms with Gasteiger partial charge in [0.05, 0.1) is 17.2 Å². The average molecular weight is 279 g/mol. The van der Waals surface area contributed by atoms with Crippen LogP contribution in [0.25, 0.3) is 10.9 Å². The summed E-state index contributed by atoms with van der Waals surface area (Å²) >= 11 is 0. The van der Waals surface area contributed by atoms with Crippen molar-refractivity contribution in [2.45, 2.75) is 43.9 Å². The van der Waals surface area contributed by atoms with E-state index in [9.17, 15) is 10.4 Å². The number of nitriles is 1. The number of aliphatic hydroxyl groups is 1. The Labute approximate surface area is 123 Å². The van der Waals surface area contributed by atoms with Crippen LogP contribution in [0.1, 0.15) is 31.2 Å². The van der Waals surface area contributed by atoms with E-state index in [1.165, 1.54) is 0 Å². The van der Waals surface area contributed by atoms with E-state index in [2.05, 4.69) is 11.0 Å². The number of piperidine rings is 1. The molecule has 1 N–H and O–H groups in total. The molecule has 2 atom stereocenters. The number of benzene rings is 1. The van der Waals surface area contributed by atoms with Crippen LogP contribution in [-0.2, 0) is 0 Å². The Balaban J connectivity index is 1.85. The molecule has 0 aliphatic carbocycles. The normalized spacial score (nSPS) is 27.8. The highest BCUT2D eigenvalue weighted by Gasteiger charge is 2.41. The van der Waals surface area contributed by atoms with Crippen molar-refractivity contribution in [3.8, 4) is 6.07 Å². The molecule has 2 fully saturated rings. The van der Waals surface area contributed by atoms with Crippen LogP contribution in [0.4, 0.5) is 5.82 Å². The van der Waals surface area contributed by atoms with E-state index >= 15 is 0 Å². The summed E-state index contributed by atoms with van der Waals surface area (Å²) in [5.41, 5.74) is 1.57. The number of hydrogen-bond donors (Lipinski definition) is 1. The number of aromatic nitrogens is 1. The van der Waals surface area contributed by atoms with Gasteiger partial charge in [-0.25, -0.2) is 4.98 Å². The van der Waals surface area contributed by atoms with E-state index in [0.717, 1.165) is 42.4 Å². The fourth-order valence-electron chi connectivity index (χ4n) is 3.88. The Morgan fingerprint density at radius 3 is 2.62 bits per heavy atom. The summed E-state index contributed by atoms with van der Waals surface area (Å²) in [4.78, 5) is 7.05. The smallest absolute Gasteiger partial charge is 0.147 e. The number of para-hydroxylation sites is 1. The summed E-state index contributed by atoms with van der Waals surface area (Å²) in [5, 5.41) is 20.4. The minimum Gasteiger partial charge on any atom is -0.393 e. The lowest BCUT2D eigenvalue weighted by Crippen LogP contribution is -2.45. The van der Waals surface area contributed by atoms with Gasteiger partial charge in [0, 0.05) is 17.5 Å². The molecule has 4 heteroatoms. The van der Waals surface area contributed by atoms with Gasteiger partial charge in [0.1, 0.15) is 11.9 Å². The van der Waals surface area contributed by atoms with Crippen LogP contribution in [-0.4, -0.2) is 28.3 Å². The Hall–Kier alpha value is -2.12. The summed E-state index contributed by atoms with van der Waals surface area (Å²) in [6.07, 6.45) is 3.54. The molecular formula is C17H17N3O. The van der Waals surface area contributed by atoms with Crippen LogP contribution in [0.5, 0.6) is 0 Å². The maximum atomic E-state index is 9.94. The topological polar surface area (TPSA) is 60.2 Å². The van der Waals surface area contributed by atoms with Crippen LogP contribution >= 0.6 is 0 Å². The van der Waals surface area contributed by atoms with Crippen LogP contribution in [0.15, 0.2) is 30.3 Å². The monoisotopic (exact) mass is 279 g/mol. The van der Waals surface area contributed by atoms with Gasteiger partial charge in [-0.1, -0.05) is 18.2 Å². The third-order valence-electron chi connectivity index (χ3n) is 4.78. The molecular weight excluding hydrogens is 262 g/mol. The summed E-state index contributed by atoms with van der Waals surface area (Å²) in [6.45, 7) is 0. The maximum absolute atomic E-state index is 9.94. The van der Waals surface area contributed by atoms with Crippen molar-refractivity contribution < 1.29 is 5.11 Å². The molecule has 0 saturated carbocycles. The van der Waals surface area contributed by atoms with Crippen molar-refractivity contribution in [3.63, 3.8) is 0 Å². The highest BCUT2D eigenvalue weighted by Crippen LogP contribution is 2.40. The second kappa shape index (κ2) is 4.71. The Morgan fingerprint density at radius 1 is 1.19 bits per heavy atom. The summed E-state index contributed by atoms with van der Waals surface area (Å²) in [6, 6.07) is 12.8. The third kappa shape index (κ3) is 1.97. The molecule has 21 heavy (non-hydrogen) atoms. The van der Waals surface area contributed by atoms with Crippen LogP contribution in [0.2, 0.25) is 0 Å². The van der Waals surface area contributed by atoms with Crippen molar-refractivity contribution in [2.24, 2.45) is 0 Å². The minimum absolute atomic E-state index is 0.204. The van der Waals surface area contributed by atoms with Gasteiger partial charge in [-0.3, -0.25) is 0 Å². The Kier molecular flexibility index (Phi) is 2.83. The molecule has 1 aromatic heterocycles. The molecule has 2 saturated heterocycles. The molecule has 2 aliphatic rings. The number of hydrogen-bond acceptors (Lipinski definition) is 4. The van der Waals surface area contributed by atoms with Gasteiger partial charge in [-0.2, -0.15) is 5.26 Å². The molecule has 1 aromatic carbocycles. The average Bonchev–Trinajstić information content (AvgIpc) is 2.77. The molecule has 2 aliphatic heterocycles. The molecule has 4 nitrogen and oxygen atoms in total. The number of rotatable bonds is 1. The highest BCUT2D eigenvalue weighted by molar-refractivity contribution is 5.83. The zero-order valence-corrected chi connectivity index (χ0v) is 11.7. The zero-order chi connectivity index (χ0) is 14.4. The quantitative estimate of drug-likeness (QED) is 0.871. The standard InChI is InChI=1S/C17H17N3O/c18-10-12-7-11-3-1-2-4-16(11)19-17(12)20-13-5-6-14(20)9-15(21)8-13/h1-4,7,13-15,21H,5-6,8-9H2. The zero-order valence-electron chi connectivity index (χ0n) is 11.7. The second-order valence-electron chi connectivity index (χ2n) is 6.08. The Morgan fingerprint density at radius 2 is 1.90 bits per heavy atom. The van der Waals surface area contributed by atoms with Crippen molar-refractivity contribution in [1.82, 2.24) is 4.98 Å². The largest absolute Gasteiger partial charge is 0.393 e. The SMILES string of the molecule is N#Cc1cc2ccccc2nc1N1C2CCC1CC(O)C2. The van der Waals surface area contributed by atoms with E-state index in [0.29, 0.717) is 17.6 Å². The fourth-order valence-corrected chi connectivity index (χ4v) is 3.88. The Bertz CT molecular complexity index is 722. The first kappa shape index (κ1) is 12.6. The second-order valence-corrected chi connectivity index (χ2v) is 6.08. The molecule has 2 bridgehead atoms. The van der Waals surface area contributed by atoms with Gasteiger partial charge in [0.2, 0.25) is 0 Å². The van der Waals surface area contributed by atoms with Gasteiger partial charge in [-0.15, -0.1) is 0 Å². The number of anilines is 1. The lowest BCUT2D eigenvalue weighted by atomic mass is 9.99. The van der Waals surface area contributed by atoms with Crippen molar-refractivity contribution in [3.05, 3.63) is 35.9 Å². The first-order valence-corrected chi connectivity index (χ1v) is 7.52. The summed E-state index contributed by atoms with van der Waals surface area (Å²) < 4.78 is 0. The van der Waals surface area contributed by atoms with Gasteiger partial charge >= 0.3 is 0 Å². The molecule has 0 radical (unpaired) electrons. The molecule has 2 aromatic rings. The predicted octanol–water partition coefficient (Wildman–Crippen LogP) is 2.60. The molecule has 3 heterocycles. The van der Waals surface area contributed by atoms with Gasteiger partial charge in [0.15, 0.2) is 0 Å². The van der Waals surface area contributed by atoms with E-state index in [1.807, 2.05) is 30.3 Å². The summed E-state index contributed by atoms with van der Waals surface area (Å²) in [5.74, 6) is 0.801. The summed E-state index contributed by atoms with van der Waals surface area (Å²) in [7, 11) is 0. The van der Waals surface area contributed by atoms with Crippen molar-refractivity contribution in [1.29, 1.82) is 5.26 Å². The molecule has 2 unspecified atom stereocenters. The first-order chi connectivity index (χ1) is 10.3. The fraction of sp³-hybridized carbons (Fsp3) is 0.412.